The number of ether oxygens (including phenoxy) is 2. The van der Waals surface area contributed by atoms with Crippen molar-refractivity contribution in [2.24, 2.45) is 5.73 Å². The molecule has 1 aliphatic rings. The van der Waals surface area contributed by atoms with Gasteiger partial charge in [0.25, 0.3) is 0 Å². The zero-order valence-corrected chi connectivity index (χ0v) is 9.50. The maximum atomic E-state index is 5.92. The molecule has 0 unspecified atom stereocenters. The minimum absolute atomic E-state index is 0.0796. The summed E-state index contributed by atoms with van der Waals surface area (Å²) in [7, 11) is 0. The maximum absolute atomic E-state index is 5.92. The number of benzene rings is 1. The van der Waals surface area contributed by atoms with Gasteiger partial charge in [0, 0.05) is 0 Å². The summed E-state index contributed by atoms with van der Waals surface area (Å²) in [5.74, 6) is 1.65. The van der Waals surface area contributed by atoms with Gasteiger partial charge in [0.05, 0.1) is 22.7 Å². The van der Waals surface area contributed by atoms with E-state index in [9.17, 15) is 0 Å². The fourth-order valence-electron chi connectivity index (χ4n) is 1.59. The monoisotopic (exact) mass is 257 g/mol. The molecule has 1 heterocycles. The van der Waals surface area contributed by atoms with E-state index in [2.05, 4.69) is 15.9 Å². The second-order valence-electron chi connectivity index (χ2n) is 3.14. The lowest BCUT2D eigenvalue weighted by molar-refractivity contribution is 0.329. The molecule has 0 aliphatic carbocycles. The molecular formula is C10H12BrNO2. The van der Waals surface area contributed by atoms with Crippen LogP contribution in [0.1, 0.15) is 18.5 Å². The molecule has 1 aromatic rings. The van der Waals surface area contributed by atoms with Crippen molar-refractivity contribution in [2.45, 2.75) is 13.0 Å². The minimum atomic E-state index is -0.0796. The van der Waals surface area contributed by atoms with Gasteiger partial charge >= 0.3 is 0 Å². The summed E-state index contributed by atoms with van der Waals surface area (Å²) >= 11 is 3.42. The second kappa shape index (κ2) is 3.79. The van der Waals surface area contributed by atoms with Crippen molar-refractivity contribution in [1.82, 2.24) is 0 Å². The van der Waals surface area contributed by atoms with Crippen molar-refractivity contribution in [3.63, 3.8) is 0 Å². The summed E-state index contributed by atoms with van der Waals surface area (Å²) in [5.41, 5.74) is 6.89. The molecule has 0 amide bonds. The predicted octanol–water partition coefficient (Wildman–Crippen LogP) is 2.24. The molecule has 76 valence electrons. The Bertz CT molecular complexity index is 354. The highest BCUT2D eigenvalue weighted by Crippen LogP contribution is 2.43. The van der Waals surface area contributed by atoms with Gasteiger partial charge in [-0.15, -0.1) is 0 Å². The molecule has 4 heteroatoms. The summed E-state index contributed by atoms with van der Waals surface area (Å²) in [6.45, 7) is 3.12. The smallest absolute Gasteiger partial charge is 0.142 e. The number of rotatable bonds is 2. The van der Waals surface area contributed by atoms with Crippen LogP contribution in [-0.4, -0.2) is 13.2 Å². The van der Waals surface area contributed by atoms with Crippen LogP contribution in [0.2, 0.25) is 0 Å². The maximum Gasteiger partial charge on any atom is 0.142 e. The largest absolute Gasteiger partial charge is 0.493 e. The van der Waals surface area contributed by atoms with Crippen LogP contribution in [0.3, 0.4) is 0 Å². The summed E-state index contributed by atoms with van der Waals surface area (Å²) in [5, 5.41) is 0. The van der Waals surface area contributed by atoms with Gasteiger partial charge in [-0.25, -0.2) is 0 Å². The van der Waals surface area contributed by atoms with E-state index in [4.69, 9.17) is 15.2 Å². The highest BCUT2D eigenvalue weighted by atomic mass is 79.9. The first-order valence-electron chi connectivity index (χ1n) is 4.57. The molecule has 14 heavy (non-hydrogen) atoms. The Balaban J connectivity index is 2.49. The van der Waals surface area contributed by atoms with Gasteiger partial charge in [0.15, 0.2) is 0 Å². The molecule has 2 N–H and O–H groups in total. The van der Waals surface area contributed by atoms with Crippen molar-refractivity contribution in [1.29, 1.82) is 0 Å². The summed E-state index contributed by atoms with van der Waals surface area (Å²) in [4.78, 5) is 0. The Kier molecular flexibility index (Phi) is 2.65. The molecule has 1 atom stereocenters. The van der Waals surface area contributed by atoms with Crippen molar-refractivity contribution >= 4 is 15.9 Å². The van der Waals surface area contributed by atoms with Crippen LogP contribution in [0.4, 0.5) is 0 Å². The quantitative estimate of drug-likeness (QED) is 0.884. The third-order valence-corrected chi connectivity index (χ3v) is 2.81. The average Bonchev–Trinajstić information content (AvgIpc) is 2.55. The lowest BCUT2D eigenvalue weighted by Crippen LogP contribution is -2.12. The van der Waals surface area contributed by atoms with E-state index < -0.39 is 0 Å². The zero-order chi connectivity index (χ0) is 10.1. The lowest BCUT2D eigenvalue weighted by atomic mass is 10.1. The highest BCUT2D eigenvalue weighted by molar-refractivity contribution is 9.10. The second-order valence-corrected chi connectivity index (χ2v) is 3.99. The van der Waals surface area contributed by atoms with Gasteiger partial charge in [-0.05, 0) is 35.0 Å². The van der Waals surface area contributed by atoms with Gasteiger partial charge in [0.1, 0.15) is 18.1 Å². The van der Waals surface area contributed by atoms with Gasteiger partial charge in [-0.2, -0.15) is 0 Å². The Morgan fingerprint density at radius 1 is 1.64 bits per heavy atom. The molecule has 1 aromatic carbocycles. The Labute approximate surface area is 91.3 Å². The van der Waals surface area contributed by atoms with Crippen molar-refractivity contribution < 1.29 is 9.47 Å². The van der Waals surface area contributed by atoms with Gasteiger partial charge in [-0.1, -0.05) is 0 Å². The van der Waals surface area contributed by atoms with E-state index in [1.54, 1.807) is 0 Å². The fourth-order valence-corrected chi connectivity index (χ4v) is 2.05. The number of nitrogens with two attached hydrogens (primary N) is 1. The topological polar surface area (TPSA) is 44.5 Å². The molecule has 2 rings (SSSR count). The summed E-state index contributed by atoms with van der Waals surface area (Å²) < 4.78 is 11.9. The molecule has 3 nitrogen and oxygen atoms in total. The highest BCUT2D eigenvalue weighted by Gasteiger charge is 2.27. The van der Waals surface area contributed by atoms with Gasteiger partial charge in [0.2, 0.25) is 0 Å². The first-order valence-corrected chi connectivity index (χ1v) is 5.37. The standard InChI is InChI=1S/C10H12BrNO2/c1-2-13-8-4-3-6(11)10-9(8)7(12)5-14-10/h3-4,7H,2,5,12H2,1H3/t7-/m0/s1. The van der Waals surface area contributed by atoms with Crippen LogP contribution >= 0.6 is 15.9 Å². The Morgan fingerprint density at radius 3 is 3.14 bits per heavy atom. The van der Waals surface area contributed by atoms with Crippen molar-refractivity contribution in [2.75, 3.05) is 13.2 Å². The molecule has 0 saturated carbocycles. The van der Waals surface area contributed by atoms with E-state index in [1.165, 1.54) is 0 Å². The molecule has 0 bridgehead atoms. The van der Waals surface area contributed by atoms with E-state index in [-0.39, 0.29) is 6.04 Å². The molecule has 0 saturated heterocycles. The third-order valence-electron chi connectivity index (χ3n) is 2.19. The van der Waals surface area contributed by atoms with Gasteiger partial charge < -0.3 is 15.2 Å². The Hall–Kier alpha value is -0.740. The summed E-state index contributed by atoms with van der Waals surface area (Å²) in [6, 6.07) is 3.76. The molecule has 0 fully saturated rings. The minimum Gasteiger partial charge on any atom is -0.493 e. The lowest BCUT2D eigenvalue weighted by Gasteiger charge is -2.10. The van der Waals surface area contributed by atoms with Crippen molar-refractivity contribution in [3.05, 3.63) is 22.2 Å². The fraction of sp³-hybridized carbons (Fsp3) is 0.400. The SMILES string of the molecule is CCOc1ccc(Br)c2c1[C@@H](N)CO2. The van der Waals surface area contributed by atoms with Crippen LogP contribution < -0.4 is 15.2 Å². The molecule has 0 aromatic heterocycles. The predicted molar refractivity (Wildman–Crippen MR) is 57.7 cm³/mol. The van der Waals surface area contributed by atoms with Crippen LogP contribution in [0.15, 0.2) is 16.6 Å². The first kappa shape index (κ1) is 9.80. The van der Waals surface area contributed by atoms with Crippen LogP contribution in [-0.2, 0) is 0 Å². The number of hydrogen-bond acceptors (Lipinski definition) is 3. The number of halogens is 1. The van der Waals surface area contributed by atoms with E-state index in [0.29, 0.717) is 13.2 Å². The third kappa shape index (κ3) is 1.48. The molecule has 1 aliphatic heterocycles. The van der Waals surface area contributed by atoms with E-state index in [0.717, 1.165) is 21.5 Å². The van der Waals surface area contributed by atoms with Crippen molar-refractivity contribution in [3.8, 4) is 11.5 Å². The van der Waals surface area contributed by atoms with Gasteiger partial charge in [-0.3, -0.25) is 0 Å². The number of hydrogen-bond donors (Lipinski definition) is 1. The van der Waals surface area contributed by atoms with Crippen LogP contribution in [0.5, 0.6) is 11.5 Å². The number of fused-ring (bicyclic) bond motifs is 1. The molecule has 0 radical (unpaired) electrons. The zero-order valence-electron chi connectivity index (χ0n) is 7.92. The normalized spacial score (nSPS) is 18.9. The summed E-state index contributed by atoms with van der Waals surface area (Å²) in [6.07, 6.45) is 0. The first-order chi connectivity index (χ1) is 6.74. The van der Waals surface area contributed by atoms with Crippen LogP contribution in [0.25, 0.3) is 0 Å². The van der Waals surface area contributed by atoms with Crippen LogP contribution in [0, 0.1) is 0 Å². The molecule has 0 spiro atoms. The van der Waals surface area contributed by atoms with E-state index in [1.807, 2.05) is 19.1 Å². The average molecular weight is 258 g/mol. The van der Waals surface area contributed by atoms with E-state index >= 15 is 0 Å². The Morgan fingerprint density at radius 2 is 2.43 bits per heavy atom. The molecular weight excluding hydrogens is 246 g/mol.